The molecule has 8 heteroatoms. The highest BCUT2D eigenvalue weighted by Gasteiger charge is 2.32. The molecule has 1 saturated carbocycles. The zero-order valence-corrected chi connectivity index (χ0v) is 12.7. The van der Waals surface area contributed by atoms with Crippen LogP contribution in [-0.2, 0) is 10.0 Å². The minimum Gasteiger partial charge on any atom is -0.477 e. The maximum Gasteiger partial charge on any atom is 0.352 e. The third kappa shape index (κ3) is 3.09. The SMILES string of the molecule is CC(C#N)CN(C)S(=O)(=O)c1cc(C(=O)O)n(C2CC2)c1. The van der Waals surface area contributed by atoms with Crippen molar-refractivity contribution in [3.63, 3.8) is 0 Å². The van der Waals surface area contributed by atoms with E-state index in [0.717, 1.165) is 17.1 Å². The summed E-state index contributed by atoms with van der Waals surface area (Å²) < 4.78 is 27.4. The fourth-order valence-corrected chi connectivity index (χ4v) is 3.41. The summed E-state index contributed by atoms with van der Waals surface area (Å²) in [6, 6.07) is 3.23. The van der Waals surface area contributed by atoms with Crippen molar-refractivity contribution in [2.45, 2.75) is 30.7 Å². The maximum absolute atomic E-state index is 12.4. The molecule has 114 valence electrons. The lowest BCUT2D eigenvalue weighted by Gasteiger charge is -2.17. The molecule has 0 aromatic carbocycles. The van der Waals surface area contributed by atoms with E-state index < -0.39 is 21.9 Å². The van der Waals surface area contributed by atoms with Gasteiger partial charge < -0.3 is 9.67 Å². The molecular weight excluding hydrogens is 294 g/mol. The van der Waals surface area contributed by atoms with E-state index in [1.54, 1.807) is 6.92 Å². The van der Waals surface area contributed by atoms with Crippen LogP contribution in [-0.4, -0.2) is 42.0 Å². The van der Waals surface area contributed by atoms with E-state index in [-0.39, 0.29) is 23.2 Å². The lowest BCUT2D eigenvalue weighted by Crippen LogP contribution is -2.30. The number of nitrogens with zero attached hydrogens (tertiary/aromatic N) is 3. The maximum atomic E-state index is 12.4. The van der Waals surface area contributed by atoms with Gasteiger partial charge in [0.15, 0.2) is 0 Å². The van der Waals surface area contributed by atoms with Gasteiger partial charge in [-0.2, -0.15) is 9.57 Å². The number of hydrogen-bond acceptors (Lipinski definition) is 4. The Morgan fingerprint density at radius 2 is 2.24 bits per heavy atom. The largest absolute Gasteiger partial charge is 0.477 e. The molecule has 1 unspecified atom stereocenters. The Kier molecular flexibility index (Phi) is 4.07. The second-order valence-corrected chi connectivity index (χ2v) is 7.37. The van der Waals surface area contributed by atoms with Crippen LogP contribution in [0.25, 0.3) is 0 Å². The van der Waals surface area contributed by atoms with Crippen LogP contribution in [0.1, 0.15) is 36.3 Å². The summed E-state index contributed by atoms with van der Waals surface area (Å²) in [4.78, 5) is 11.2. The van der Waals surface area contributed by atoms with E-state index in [9.17, 15) is 18.3 Å². The topological polar surface area (TPSA) is 103 Å². The van der Waals surface area contributed by atoms with Gasteiger partial charge in [0.2, 0.25) is 10.0 Å². The fraction of sp³-hybridized carbons (Fsp3) is 0.538. The van der Waals surface area contributed by atoms with Crippen molar-refractivity contribution < 1.29 is 18.3 Å². The van der Waals surface area contributed by atoms with Crippen molar-refractivity contribution in [2.24, 2.45) is 5.92 Å². The molecule has 7 nitrogen and oxygen atoms in total. The Hall–Kier alpha value is -1.85. The first-order chi connectivity index (χ1) is 9.77. The van der Waals surface area contributed by atoms with Crippen LogP contribution in [0.5, 0.6) is 0 Å². The molecule has 1 fully saturated rings. The number of carboxylic acids is 1. The summed E-state index contributed by atoms with van der Waals surface area (Å²) in [5.41, 5.74) is -0.0159. The smallest absolute Gasteiger partial charge is 0.352 e. The molecule has 0 amide bonds. The Morgan fingerprint density at radius 3 is 2.71 bits per heavy atom. The summed E-state index contributed by atoms with van der Waals surface area (Å²) in [6.07, 6.45) is 3.09. The van der Waals surface area contributed by atoms with Gasteiger partial charge in [0, 0.05) is 25.8 Å². The molecule has 0 saturated heterocycles. The van der Waals surface area contributed by atoms with Gasteiger partial charge in [0.1, 0.15) is 10.6 Å². The third-order valence-electron chi connectivity index (χ3n) is 3.44. The van der Waals surface area contributed by atoms with Crippen molar-refractivity contribution in [3.05, 3.63) is 18.0 Å². The van der Waals surface area contributed by atoms with Gasteiger partial charge in [-0.3, -0.25) is 0 Å². The minimum absolute atomic E-state index is 0.0159. The molecule has 0 aliphatic heterocycles. The third-order valence-corrected chi connectivity index (χ3v) is 5.23. The van der Waals surface area contributed by atoms with E-state index >= 15 is 0 Å². The van der Waals surface area contributed by atoms with Crippen molar-refractivity contribution in [1.29, 1.82) is 5.26 Å². The molecule has 1 heterocycles. The molecule has 1 atom stereocenters. The van der Waals surface area contributed by atoms with Gasteiger partial charge in [-0.1, -0.05) is 0 Å². The van der Waals surface area contributed by atoms with Crippen molar-refractivity contribution in [2.75, 3.05) is 13.6 Å². The number of carbonyl (C=O) groups is 1. The molecule has 1 aliphatic carbocycles. The molecule has 2 rings (SSSR count). The number of carboxylic acid groups (broad SMARTS) is 1. The number of aromatic nitrogens is 1. The summed E-state index contributed by atoms with van der Waals surface area (Å²) in [5, 5.41) is 17.9. The van der Waals surface area contributed by atoms with Gasteiger partial charge in [-0.05, 0) is 25.8 Å². The summed E-state index contributed by atoms with van der Waals surface area (Å²) in [7, 11) is -2.40. The molecule has 1 N–H and O–H groups in total. The summed E-state index contributed by atoms with van der Waals surface area (Å²) >= 11 is 0. The Balaban J connectivity index is 2.34. The number of sulfonamides is 1. The number of hydrogen-bond donors (Lipinski definition) is 1. The zero-order valence-electron chi connectivity index (χ0n) is 11.9. The van der Waals surface area contributed by atoms with Crippen molar-refractivity contribution in [3.8, 4) is 6.07 Å². The highest BCUT2D eigenvalue weighted by atomic mass is 32.2. The van der Waals surface area contributed by atoms with E-state index in [4.69, 9.17) is 5.26 Å². The Bertz CT molecular complexity index is 697. The lowest BCUT2D eigenvalue weighted by molar-refractivity contribution is 0.0685. The fourth-order valence-electron chi connectivity index (χ4n) is 2.13. The highest BCUT2D eigenvalue weighted by Crippen LogP contribution is 2.37. The average Bonchev–Trinajstić information content (AvgIpc) is 3.16. The molecule has 0 spiro atoms. The second-order valence-electron chi connectivity index (χ2n) is 5.32. The number of rotatable bonds is 6. The van der Waals surface area contributed by atoms with Gasteiger partial charge in [0.25, 0.3) is 0 Å². The predicted octanol–water partition coefficient (Wildman–Crippen LogP) is 1.30. The first-order valence-corrected chi connectivity index (χ1v) is 8.02. The quantitative estimate of drug-likeness (QED) is 0.853. The summed E-state index contributed by atoms with van der Waals surface area (Å²) in [6.45, 7) is 1.69. The Morgan fingerprint density at radius 1 is 1.62 bits per heavy atom. The first-order valence-electron chi connectivity index (χ1n) is 6.58. The van der Waals surface area contributed by atoms with Crippen LogP contribution < -0.4 is 0 Å². The monoisotopic (exact) mass is 311 g/mol. The van der Waals surface area contributed by atoms with Gasteiger partial charge in [-0.25, -0.2) is 13.2 Å². The van der Waals surface area contributed by atoms with Crippen LogP contribution in [0.4, 0.5) is 0 Å². The standard InChI is InChI=1S/C13H17N3O4S/c1-9(6-14)7-15(2)21(19,20)11-5-12(13(17)18)16(8-11)10-3-4-10/h5,8-10H,3-4,7H2,1-2H3,(H,17,18). The Labute approximate surface area is 123 Å². The molecule has 1 aromatic rings. The second kappa shape index (κ2) is 5.50. The number of aromatic carboxylic acids is 1. The van der Waals surface area contributed by atoms with Crippen LogP contribution in [0.15, 0.2) is 17.2 Å². The predicted molar refractivity (Wildman–Crippen MR) is 74.3 cm³/mol. The van der Waals surface area contributed by atoms with Gasteiger partial charge >= 0.3 is 5.97 Å². The van der Waals surface area contributed by atoms with Gasteiger partial charge in [0.05, 0.1) is 12.0 Å². The van der Waals surface area contributed by atoms with Crippen molar-refractivity contribution in [1.82, 2.24) is 8.87 Å². The van der Waals surface area contributed by atoms with Crippen LogP contribution in [0.2, 0.25) is 0 Å². The molecule has 0 bridgehead atoms. The van der Waals surface area contributed by atoms with E-state index in [1.807, 2.05) is 6.07 Å². The van der Waals surface area contributed by atoms with E-state index in [2.05, 4.69) is 0 Å². The van der Waals surface area contributed by atoms with E-state index in [1.165, 1.54) is 23.9 Å². The normalized spacial score (nSPS) is 16.7. The molecular formula is C13H17N3O4S. The number of nitriles is 1. The van der Waals surface area contributed by atoms with Crippen LogP contribution in [0, 0.1) is 17.2 Å². The van der Waals surface area contributed by atoms with Crippen molar-refractivity contribution >= 4 is 16.0 Å². The molecule has 1 aliphatic rings. The lowest BCUT2D eigenvalue weighted by atomic mass is 10.2. The molecule has 0 radical (unpaired) electrons. The summed E-state index contributed by atoms with van der Waals surface area (Å²) in [5.74, 6) is -1.58. The minimum atomic E-state index is -3.79. The molecule has 21 heavy (non-hydrogen) atoms. The van der Waals surface area contributed by atoms with E-state index in [0.29, 0.717) is 0 Å². The highest BCUT2D eigenvalue weighted by molar-refractivity contribution is 7.89. The average molecular weight is 311 g/mol. The molecule has 1 aromatic heterocycles. The first kappa shape index (κ1) is 15.5. The van der Waals surface area contributed by atoms with Crippen LogP contribution >= 0.6 is 0 Å². The van der Waals surface area contributed by atoms with Crippen LogP contribution in [0.3, 0.4) is 0 Å². The van der Waals surface area contributed by atoms with Gasteiger partial charge in [-0.15, -0.1) is 0 Å². The zero-order chi connectivity index (χ0) is 15.8.